The lowest BCUT2D eigenvalue weighted by molar-refractivity contribution is -0.160. The zero-order valence-corrected chi connectivity index (χ0v) is 25.6. The summed E-state index contributed by atoms with van der Waals surface area (Å²) in [5.41, 5.74) is 0. The fraction of sp³-hybridized carbons (Fsp3) is 0.788. The maximum atomic E-state index is 12.4. The van der Waals surface area contributed by atoms with Gasteiger partial charge in [0.15, 0.2) is 6.29 Å². The van der Waals surface area contributed by atoms with Crippen molar-refractivity contribution in [2.24, 2.45) is 0 Å². The van der Waals surface area contributed by atoms with Gasteiger partial charge >= 0.3 is 11.9 Å². The summed E-state index contributed by atoms with van der Waals surface area (Å²) in [4.78, 5) is 27.0. The predicted molar refractivity (Wildman–Crippen MR) is 162 cm³/mol. The van der Waals surface area contributed by atoms with Crippen LogP contribution in [0.4, 0.5) is 0 Å². The quantitative estimate of drug-likeness (QED) is 0.0471. The fourth-order valence-electron chi connectivity index (χ4n) is 4.51. The second-order valence-corrected chi connectivity index (χ2v) is 10.5. The average molecular weight is 565 g/mol. The topological polar surface area (TPSA) is 74.3 Å². The molecule has 1 heterocycles. The molecule has 0 aromatic rings. The summed E-state index contributed by atoms with van der Waals surface area (Å²) in [7, 11) is 0. The van der Waals surface area contributed by atoms with E-state index in [2.05, 4.69) is 50.0 Å². The zero-order valence-electron chi connectivity index (χ0n) is 25.6. The Morgan fingerprint density at radius 3 is 1.98 bits per heavy atom. The first-order valence-corrected chi connectivity index (χ1v) is 16.0. The maximum absolute atomic E-state index is 12.4. The molecule has 1 fully saturated rings. The van der Waals surface area contributed by atoms with Gasteiger partial charge in [0, 0.05) is 32.5 Å². The summed E-state index contributed by atoms with van der Waals surface area (Å²) < 4.78 is 22.9. The number of unbranched alkanes of at least 4 members (excludes halogenated alkanes) is 4. The monoisotopic (exact) mass is 564 g/mol. The number of carbonyl (C=O) groups is 2. The van der Waals surface area contributed by atoms with Crippen LogP contribution >= 0.6 is 0 Å². The number of ether oxygens (including phenoxy) is 4. The molecule has 1 unspecified atom stereocenters. The Balaban J connectivity index is 2.27. The van der Waals surface area contributed by atoms with Crippen LogP contribution in [-0.2, 0) is 28.5 Å². The third-order valence-corrected chi connectivity index (χ3v) is 6.90. The average Bonchev–Trinajstić information content (AvgIpc) is 3.47. The first-order valence-electron chi connectivity index (χ1n) is 16.0. The molecular formula is C33H58NO6. The smallest absolute Gasteiger partial charge is 0.306 e. The minimum atomic E-state index is -0.404. The number of rotatable bonds is 26. The molecule has 1 rings (SSSR count). The van der Waals surface area contributed by atoms with E-state index in [4.69, 9.17) is 18.9 Å². The standard InChI is InChI=1S/C33H58NO6/c1-4-7-9-11-13-17-27-38-33(39-28-18-14-12-10-8-5-2)22-21-31(35)37-29-23-30(6-3)40-32(36)20-19-26-34-24-15-16-25-34/h7-10,30,33H,3-6,11-29H2,1-2H3/b9-7-,10-8-. The molecule has 7 nitrogen and oxygen atoms in total. The molecule has 1 saturated heterocycles. The molecule has 0 aliphatic carbocycles. The van der Waals surface area contributed by atoms with Gasteiger partial charge in [-0.3, -0.25) is 9.59 Å². The molecule has 1 aliphatic heterocycles. The van der Waals surface area contributed by atoms with Gasteiger partial charge in [-0.1, -0.05) is 38.2 Å². The van der Waals surface area contributed by atoms with Crippen molar-refractivity contribution in [3.8, 4) is 0 Å². The zero-order chi connectivity index (χ0) is 29.1. The molecule has 0 aromatic heterocycles. The Hall–Kier alpha value is -1.70. The van der Waals surface area contributed by atoms with Crippen LogP contribution in [0.3, 0.4) is 0 Å². The van der Waals surface area contributed by atoms with Crippen molar-refractivity contribution in [2.45, 2.75) is 129 Å². The highest BCUT2D eigenvalue weighted by atomic mass is 16.7. The second kappa shape index (κ2) is 26.2. The normalized spacial score (nSPS) is 15.0. The number of nitrogens with zero attached hydrogens (tertiary/aromatic N) is 1. The first-order chi connectivity index (χ1) is 19.6. The van der Waals surface area contributed by atoms with Crippen LogP contribution in [0.15, 0.2) is 24.3 Å². The molecule has 0 aromatic carbocycles. The number of allylic oxidation sites excluding steroid dienone is 4. The van der Waals surface area contributed by atoms with Crippen molar-refractivity contribution in [3.05, 3.63) is 31.2 Å². The van der Waals surface area contributed by atoms with Gasteiger partial charge in [0.2, 0.25) is 0 Å². The molecule has 0 saturated carbocycles. The molecule has 0 bridgehead atoms. The summed E-state index contributed by atoms with van der Waals surface area (Å²) in [6, 6.07) is 0. The van der Waals surface area contributed by atoms with E-state index in [1.165, 1.54) is 12.8 Å². The van der Waals surface area contributed by atoms with E-state index < -0.39 is 6.29 Å². The number of hydrogen-bond acceptors (Lipinski definition) is 7. The Labute approximate surface area is 245 Å². The Morgan fingerprint density at radius 1 is 0.775 bits per heavy atom. The van der Waals surface area contributed by atoms with E-state index in [1.54, 1.807) is 0 Å². The van der Waals surface area contributed by atoms with Gasteiger partial charge in [-0.25, -0.2) is 0 Å². The SMILES string of the molecule is [CH2]CC(CCOC(=O)CCC(OCCCC/C=C\CC)OCCCC/C=C\CC)OC(=O)CCCN1CCCC1. The summed E-state index contributed by atoms with van der Waals surface area (Å²) >= 11 is 0. The predicted octanol–water partition coefficient (Wildman–Crippen LogP) is 7.34. The van der Waals surface area contributed by atoms with Gasteiger partial charge in [-0.05, 0) is 104 Å². The van der Waals surface area contributed by atoms with Gasteiger partial charge in [-0.15, -0.1) is 0 Å². The van der Waals surface area contributed by atoms with Crippen LogP contribution in [0.25, 0.3) is 0 Å². The van der Waals surface area contributed by atoms with E-state index in [0.29, 0.717) is 38.9 Å². The molecule has 231 valence electrons. The van der Waals surface area contributed by atoms with Crippen LogP contribution in [0.5, 0.6) is 0 Å². The Kier molecular flexibility index (Phi) is 23.8. The first kappa shape index (κ1) is 36.3. The second-order valence-electron chi connectivity index (χ2n) is 10.5. The van der Waals surface area contributed by atoms with Gasteiger partial charge < -0.3 is 23.8 Å². The molecule has 40 heavy (non-hydrogen) atoms. The fourth-order valence-corrected chi connectivity index (χ4v) is 4.51. The summed E-state index contributed by atoms with van der Waals surface area (Å²) in [6.07, 6.45) is 21.7. The lowest BCUT2D eigenvalue weighted by Gasteiger charge is -2.19. The van der Waals surface area contributed by atoms with Crippen LogP contribution in [0.1, 0.15) is 117 Å². The molecular weight excluding hydrogens is 506 g/mol. The lowest BCUT2D eigenvalue weighted by Crippen LogP contribution is -2.24. The van der Waals surface area contributed by atoms with Crippen LogP contribution < -0.4 is 0 Å². The molecule has 0 N–H and O–H groups in total. The van der Waals surface area contributed by atoms with Crippen LogP contribution in [-0.4, -0.2) is 68.7 Å². The van der Waals surface area contributed by atoms with E-state index in [0.717, 1.165) is 77.4 Å². The van der Waals surface area contributed by atoms with E-state index in [1.807, 2.05) is 0 Å². The van der Waals surface area contributed by atoms with Crippen molar-refractivity contribution in [1.82, 2.24) is 4.90 Å². The van der Waals surface area contributed by atoms with Gasteiger partial charge in [0.25, 0.3) is 0 Å². The lowest BCUT2D eigenvalue weighted by atomic mass is 10.2. The summed E-state index contributed by atoms with van der Waals surface area (Å²) in [5, 5.41) is 0. The van der Waals surface area contributed by atoms with Crippen molar-refractivity contribution in [2.75, 3.05) is 39.5 Å². The Bertz CT molecular complexity index is 650. The van der Waals surface area contributed by atoms with Crippen LogP contribution in [0.2, 0.25) is 0 Å². The van der Waals surface area contributed by atoms with E-state index >= 15 is 0 Å². The third-order valence-electron chi connectivity index (χ3n) is 6.90. The minimum absolute atomic E-state index is 0.195. The summed E-state index contributed by atoms with van der Waals surface area (Å²) in [6.45, 7) is 12.8. The molecule has 0 spiro atoms. The highest BCUT2D eigenvalue weighted by Crippen LogP contribution is 2.12. The maximum Gasteiger partial charge on any atom is 0.306 e. The van der Waals surface area contributed by atoms with Crippen molar-refractivity contribution in [1.29, 1.82) is 0 Å². The minimum Gasteiger partial charge on any atom is -0.466 e. The third kappa shape index (κ3) is 21.1. The number of hydrogen-bond donors (Lipinski definition) is 0. The number of carbonyl (C=O) groups excluding carboxylic acids is 2. The largest absolute Gasteiger partial charge is 0.466 e. The highest BCUT2D eigenvalue weighted by molar-refractivity contribution is 5.70. The number of likely N-dealkylation sites (tertiary alicyclic amines) is 1. The molecule has 1 radical (unpaired) electrons. The Morgan fingerprint density at radius 2 is 1.40 bits per heavy atom. The molecule has 1 aliphatic rings. The van der Waals surface area contributed by atoms with Crippen LogP contribution in [0, 0.1) is 6.92 Å². The van der Waals surface area contributed by atoms with Crippen molar-refractivity contribution < 1.29 is 28.5 Å². The molecule has 7 heteroatoms. The molecule has 0 amide bonds. The summed E-state index contributed by atoms with van der Waals surface area (Å²) in [5.74, 6) is -0.481. The van der Waals surface area contributed by atoms with Crippen molar-refractivity contribution in [3.63, 3.8) is 0 Å². The molecule has 1 atom stereocenters. The van der Waals surface area contributed by atoms with E-state index in [-0.39, 0.29) is 31.1 Å². The van der Waals surface area contributed by atoms with Gasteiger partial charge in [0.05, 0.1) is 13.0 Å². The number of esters is 2. The van der Waals surface area contributed by atoms with E-state index in [9.17, 15) is 9.59 Å². The van der Waals surface area contributed by atoms with Gasteiger partial charge in [-0.2, -0.15) is 0 Å². The van der Waals surface area contributed by atoms with Crippen molar-refractivity contribution >= 4 is 11.9 Å². The van der Waals surface area contributed by atoms with Gasteiger partial charge in [0.1, 0.15) is 6.10 Å². The highest BCUT2D eigenvalue weighted by Gasteiger charge is 2.17.